The fourth-order valence-corrected chi connectivity index (χ4v) is 1.26. The first-order valence-corrected chi connectivity index (χ1v) is 6.16. The number of nitrogens with two attached hydrogens (primary N) is 1. The highest BCUT2D eigenvalue weighted by molar-refractivity contribution is 5.87. The van der Waals surface area contributed by atoms with Gasteiger partial charge in [-0.15, -0.1) is 0 Å². The zero-order valence-corrected chi connectivity index (χ0v) is 11.2. The number of carbonyl (C=O) groups is 2. The summed E-state index contributed by atoms with van der Waals surface area (Å²) >= 11 is 0. The average Bonchev–Trinajstić information content (AvgIpc) is 2.25. The molecule has 0 aliphatic rings. The SMILES string of the molecule is CC(C)CNC(=O)C(C)NC(=O)C(C)CCN. The Labute approximate surface area is 104 Å². The van der Waals surface area contributed by atoms with E-state index in [1.54, 1.807) is 13.8 Å². The third kappa shape index (κ3) is 6.94. The van der Waals surface area contributed by atoms with Crippen LogP contribution in [-0.4, -0.2) is 30.9 Å². The lowest BCUT2D eigenvalue weighted by molar-refractivity contribution is -0.130. The lowest BCUT2D eigenvalue weighted by Crippen LogP contribution is -2.47. The van der Waals surface area contributed by atoms with Crippen LogP contribution in [0.3, 0.4) is 0 Å². The molecule has 0 aromatic heterocycles. The van der Waals surface area contributed by atoms with Gasteiger partial charge in [0.25, 0.3) is 0 Å². The van der Waals surface area contributed by atoms with Gasteiger partial charge in [0.1, 0.15) is 6.04 Å². The van der Waals surface area contributed by atoms with E-state index in [-0.39, 0.29) is 17.7 Å². The number of amides is 2. The maximum absolute atomic E-state index is 11.6. The molecule has 0 spiro atoms. The van der Waals surface area contributed by atoms with E-state index in [1.165, 1.54) is 0 Å². The van der Waals surface area contributed by atoms with E-state index in [1.807, 2.05) is 13.8 Å². The summed E-state index contributed by atoms with van der Waals surface area (Å²) in [4.78, 5) is 23.3. The first kappa shape index (κ1) is 15.9. The highest BCUT2D eigenvalue weighted by atomic mass is 16.2. The van der Waals surface area contributed by atoms with Gasteiger partial charge in [0.05, 0.1) is 0 Å². The van der Waals surface area contributed by atoms with E-state index >= 15 is 0 Å². The van der Waals surface area contributed by atoms with Gasteiger partial charge >= 0.3 is 0 Å². The van der Waals surface area contributed by atoms with Crippen molar-refractivity contribution in [2.75, 3.05) is 13.1 Å². The molecule has 0 aromatic rings. The lowest BCUT2D eigenvalue weighted by Gasteiger charge is -2.17. The molecule has 2 atom stereocenters. The van der Waals surface area contributed by atoms with Crippen molar-refractivity contribution in [3.8, 4) is 0 Å². The quantitative estimate of drug-likeness (QED) is 0.599. The van der Waals surface area contributed by atoms with Crippen molar-refractivity contribution in [2.24, 2.45) is 17.6 Å². The maximum Gasteiger partial charge on any atom is 0.242 e. The summed E-state index contributed by atoms with van der Waals surface area (Å²) in [7, 11) is 0. The second kappa shape index (κ2) is 8.06. The summed E-state index contributed by atoms with van der Waals surface area (Å²) in [5.41, 5.74) is 5.38. The molecular formula is C12H25N3O2. The molecule has 0 saturated heterocycles. The van der Waals surface area contributed by atoms with Crippen LogP contribution in [0.4, 0.5) is 0 Å². The Morgan fingerprint density at radius 3 is 2.18 bits per heavy atom. The number of rotatable bonds is 7. The third-order valence-electron chi connectivity index (χ3n) is 2.48. The standard InChI is InChI=1S/C12H25N3O2/c1-8(2)7-14-12(17)10(4)15-11(16)9(3)5-6-13/h8-10H,5-7,13H2,1-4H3,(H,14,17)(H,15,16). The molecule has 5 heteroatoms. The second-order valence-corrected chi connectivity index (χ2v) is 4.85. The van der Waals surface area contributed by atoms with Crippen LogP contribution < -0.4 is 16.4 Å². The minimum Gasteiger partial charge on any atom is -0.354 e. The molecule has 100 valence electrons. The van der Waals surface area contributed by atoms with Gasteiger partial charge in [-0.3, -0.25) is 9.59 Å². The maximum atomic E-state index is 11.6. The van der Waals surface area contributed by atoms with Gasteiger partial charge < -0.3 is 16.4 Å². The van der Waals surface area contributed by atoms with Gasteiger partial charge in [-0.25, -0.2) is 0 Å². The predicted octanol–water partition coefficient (Wildman–Crippen LogP) is 0.248. The minimum absolute atomic E-state index is 0.123. The van der Waals surface area contributed by atoms with E-state index in [9.17, 15) is 9.59 Å². The van der Waals surface area contributed by atoms with Crippen LogP contribution in [0.2, 0.25) is 0 Å². The fraction of sp³-hybridized carbons (Fsp3) is 0.833. The molecule has 0 radical (unpaired) electrons. The fourth-order valence-electron chi connectivity index (χ4n) is 1.26. The van der Waals surface area contributed by atoms with Crippen LogP contribution in [0.1, 0.15) is 34.1 Å². The Balaban J connectivity index is 4.02. The highest BCUT2D eigenvalue weighted by Crippen LogP contribution is 2.00. The molecule has 5 nitrogen and oxygen atoms in total. The van der Waals surface area contributed by atoms with E-state index in [2.05, 4.69) is 10.6 Å². The van der Waals surface area contributed by atoms with Gasteiger partial charge in [-0.2, -0.15) is 0 Å². The zero-order chi connectivity index (χ0) is 13.4. The Kier molecular flexibility index (Phi) is 7.54. The summed E-state index contributed by atoms with van der Waals surface area (Å²) in [6.07, 6.45) is 0.631. The molecule has 4 N–H and O–H groups in total. The topological polar surface area (TPSA) is 84.2 Å². The van der Waals surface area contributed by atoms with Crippen molar-refractivity contribution in [1.82, 2.24) is 10.6 Å². The predicted molar refractivity (Wildman–Crippen MR) is 68.3 cm³/mol. The number of nitrogens with one attached hydrogen (secondary N) is 2. The van der Waals surface area contributed by atoms with Gasteiger partial charge in [-0.05, 0) is 25.8 Å². The van der Waals surface area contributed by atoms with Crippen molar-refractivity contribution >= 4 is 11.8 Å². The van der Waals surface area contributed by atoms with Crippen molar-refractivity contribution < 1.29 is 9.59 Å². The van der Waals surface area contributed by atoms with Crippen LogP contribution in [0.15, 0.2) is 0 Å². The van der Waals surface area contributed by atoms with Gasteiger partial charge in [0.15, 0.2) is 0 Å². The summed E-state index contributed by atoms with van der Waals surface area (Å²) in [5, 5.41) is 5.46. The average molecular weight is 243 g/mol. The third-order valence-corrected chi connectivity index (χ3v) is 2.48. The van der Waals surface area contributed by atoms with E-state index in [4.69, 9.17) is 5.73 Å². The smallest absolute Gasteiger partial charge is 0.242 e. The highest BCUT2D eigenvalue weighted by Gasteiger charge is 2.18. The van der Waals surface area contributed by atoms with Gasteiger partial charge in [0.2, 0.25) is 11.8 Å². The van der Waals surface area contributed by atoms with Gasteiger partial charge in [-0.1, -0.05) is 20.8 Å². The largest absolute Gasteiger partial charge is 0.354 e. The normalized spacial score (nSPS) is 14.2. The molecule has 0 fully saturated rings. The molecule has 0 aromatic carbocycles. The Morgan fingerprint density at radius 1 is 1.12 bits per heavy atom. The zero-order valence-electron chi connectivity index (χ0n) is 11.2. The monoisotopic (exact) mass is 243 g/mol. The molecule has 0 rings (SSSR count). The molecule has 17 heavy (non-hydrogen) atoms. The summed E-state index contributed by atoms with van der Waals surface area (Å²) in [6, 6.07) is -0.499. The van der Waals surface area contributed by atoms with Crippen LogP contribution in [0.5, 0.6) is 0 Å². The summed E-state index contributed by atoms with van der Waals surface area (Å²) in [6.45, 7) is 8.63. The van der Waals surface area contributed by atoms with Crippen molar-refractivity contribution in [2.45, 2.75) is 40.2 Å². The molecule has 0 aliphatic carbocycles. The first-order chi connectivity index (χ1) is 7.88. The van der Waals surface area contributed by atoms with E-state index in [0.717, 1.165) is 0 Å². The number of hydrogen-bond acceptors (Lipinski definition) is 3. The molecule has 0 bridgehead atoms. The Hall–Kier alpha value is -1.10. The van der Waals surface area contributed by atoms with Crippen LogP contribution >= 0.6 is 0 Å². The van der Waals surface area contributed by atoms with Crippen LogP contribution in [0, 0.1) is 11.8 Å². The van der Waals surface area contributed by atoms with Crippen LogP contribution in [0.25, 0.3) is 0 Å². The number of hydrogen-bond donors (Lipinski definition) is 3. The Morgan fingerprint density at radius 2 is 1.71 bits per heavy atom. The first-order valence-electron chi connectivity index (χ1n) is 6.16. The summed E-state index contributed by atoms with van der Waals surface area (Å²) < 4.78 is 0. The molecule has 0 heterocycles. The lowest BCUT2D eigenvalue weighted by atomic mass is 10.1. The van der Waals surface area contributed by atoms with E-state index < -0.39 is 6.04 Å². The molecule has 0 aliphatic heterocycles. The number of carbonyl (C=O) groups excluding carboxylic acids is 2. The molecule has 2 unspecified atom stereocenters. The second-order valence-electron chi connectivity index (χ2n) is 4.85. The van der Waals surface area contributed by atoms with Crippen LogP contribution in [-0.2, 0) is 9.59 Å². The molecular weight excluding hydrogens is 218 g/mol. The Bertz CT molecular complexity index is 254. The van der Waals surface area contributed by atoms with Gasteiger partial charge in [0, 0.05) is 12.5 Å². The molecule has 2 amide bonds. The summed E-state index contributed by atoms with van der Waals surface area (Å²) in [5.74, 6) is -0.0204. The van der Waals surface area contributed by atoms with E-state index in [0.29, 0.717) is 25.4 Å². The molecule has 0 saturated carbocycles. The van der Waals surface area contributed by atoms with Crippen molar-refractivity contribution in [3.63, 3.8) is 0 Å². The van der Waals surface area contributed by atoms with Crippen molar-refractivity contribution in [3.05, 3.63) is 0 Å². The van der Waals surface area contributed by atoms with Crippen molar-refractivity contribution in [1.29, 1.82) is 0 Å². The minimum atomic E-state index is -0.499.